The lowest BCUT2D eigenvalue weighted by molar-refractivity contribution is -0.125. The summed E-state index contributed by atoms with van der Waals surface area (Å²) in [4.78, 5) is 39.5. The Morgan fingerprint density at radius 2 is 1.97 bits per heavy atom. The Labute approximate surface area is 179 Å². The standard InChI is InChI=1S/C22H27N5O4/c1-3-17(20(28)24-14-9-11-26(12-10-14)22(30)31-4-2)27-18-8-6-5-7-15(18)16-13-23-25-21(29)19(16)27/h5-8,13-14,17H,3-4,9-12H2,1-2H3,(H,24,28)(H,25,29)/t17-/m1/s1. The molecular weight excluding hydrogens is 398 g/mol. The van der Waals surface area contributed by atoms with Gasteiger partial charge in [-0.2, -0.15) is 5.10 Å². The number of H-pyrrole nitrogens is 1. The number of para-hydroxylation sites is 1. The van der Waals surface area contributed by atoms with Gasteiger partial charge in [-0.3, -0.25) is 9.59 Å². The highest BCUT2D eigenvalue weighted by molar-refractivity contribution is 6.08. The maximum Gasteiger partial charge on any atom is 0.409 e. The van der Waals surface area contributed by atoms with Crippen LogP contribution in [0, 0.1) is 0 Å². The molecule has 0 unspecified atom stereocenters. The van der Waals surface area contributed by atoms with Gasteiger partial charge in [0.15, 0.2) is 0 Å². The molecular formula is C22H27N5O4. The second kappa shape index (κ2) is 8.79. The molecule has 164 valence electrons. The van der Waals surface area contributed by atoms with Gasteiger partial charge in [0.2, 0.25) is 5.91 Å². The van der Waals surface area contributed by atoms with Gasteiger partial charge in [-0.1, -0.05) is 25.1 Å². The van der Waals surface area contributed by atoms with Crippen molar-refractivity contribution in [3.8, 4) is 0 Å². The molecule has 1 aromatic carbocycles. The average Bonchev–Trinajstić information content (AvgIpc) is 3.11. The normalized spacial score (nSPS) is 15.9. The second-order valence-corrected chi connectivity index (χ2v) is 7.74. The summed E-state index contributed by atoms with van der Waals surface area (Å²) in [6.45, 7) is 5.15. The highest BCUT2D eigenvalue weighted by atomic mass is 16.6. The first kappa shape index (κ1) is 20.9. The van der Waals surface area contributed by atoms with Crippen LogP contribution in [0.5, 0.6) is 0 Å². The van der Waals surface area contributed by atoms with Gasteiger partial charge in [0.25, 0.3) is 5.56 Å². The zero-order chi connectivity index (χ0) is 22.0. The van der Waals surface area contributed by atoms with Crippen LogP contribution < -0.4 is 10.9 Å². The Hall–Kier alpha value is -3.36. The number of nitrogens with one attached hydrogen (secondary N) is 2. The summed E-state index contributed by atoms with van der Waals surface area (Å²) in [5.41, 5.74) is 0.966. The molecule has 1 atom stereocenters. The van der Waals surface area contributed by atoms with Crippen LogP contribution in [0.25, 0.3) is 21.8 Å². The molecule has 2 aromatic heterocycles. The fraction of sp³-hybridized carbons (Fsp3) is 0.455. The number of carbonyl (C=O) groups excluding carboxylic acids is 2. The van der Waals surface area contributed by atoms with E-state index in [1.165, 1.54) is 0 Å². The highest BCUT2D eigenvalue weighted by Crippen LogP contribution is 2.30. The van der Waals surface area contributed by atoms with Crippen LogP contribution in [-0.4, -0.2) is 57.4 Å². The van der Waals surface area contributed by atoms with Crippen LogP contribution in [-0.2, 0) is 9.53 Å². The van der Waals surface area contributed by atoms with Crippen molar-refractivity contribution < 1.29 is 14.3 Å². The maximum atomic E-state index is 13.3. The lowest BCUT2D eigenvalue weighted by Crippen LogP contribution is -2.48. The van der Waals surface area contributed by atoms with Crippen LogP contribution in [0.3, 0.4) is 0 Å². The van der Waals surface area contributed by atoms with E-state index in [0.717, 1.165) is 16.3 Å². The third-order valence-corrected chi connectivity index (χ3v) is 5.89. The molecule has 3 heterocycles. The van der Waals surface area contributed by atoms with Crippen molar-refractivity contribution >= 4 is 33.8 Å². The summed E-state index contributed by atoms with van der Waals surface area (Å²) < 4.78 is 6.88. The number of amides is 2. The number of aromatic nitrogens is 3. The predicted octanol–water partition coefficient (Wildman–Crippen LogP) is 2.57. The summed E-state index contributed by atoms with van der Waals surface area (Å²) in [5.74, 6) is -0.129. The fourth-order valence-electron chi connectivity index (χ4n) is 4.39. The van der Waals surface area contributed by atoms with Gasteiger partial charge in [0, 0.05) is 29.9 Å². The molecule has 1 aliphatic rings. The SMILES string of the molecule is CCOC(=O)N1CCC(NC(=O)[C@@H](CC)n2c3ccccc3c3cn[nH]c(=O)c32)CC1. The third-order valence-electron chi connectivity index (χ3n) is 5.89. The summed E-state index contributed by atoms with van der Waals surface area (Å²) in [7, 11) is 0. The number of hydrogen-bond donors (Lipinski definition) is 2. The summed E-state index contributed by atoms with van der Waals surface area (Å²) in [5, 5.41) is 11.2. The van der Waals surface area contributed by atoms with E-state index in [0.29, 0.717) is 44.5 Å². The van der Waals surface area contributed by atoms with Gasteiger partial charge in [0.1, 0.15) is 11.6 Å². The van der Waals surface area contributed by atoms with Crippen LogP contribution in [0.2, 0.25) is 0 Å². The number of aromatic amines is 1. The first-order chi connectivity index (χ1) is 15.0. The second-order valence-electron chi connectivity index (χ2n) is 7.74. The number of rotatable bonds is 5. The topological polar surface area (TPSA) is 109 Å². The zero-order valence-corrected chi connectivity index (χ0v) is 17.8. The minimum atomic E-state index is -0.533. The number of likely N-dealkylation sites (tertiary alicyclic amines) is 1. The van der Waals surface area contributed by atoms with E-state index < -0.39 is 6.04 Å². The van der Waals surface area contributed by atoms with Crippen LogP contribution in [0.15, 0.2) is 35.3 Å². The van der Waals surface area contributed by atoms with Crippen molar-refractivity contribution in [3.63, 3.8) is 0 Å². The van der Waals surface area contributed by atoms with E-state index in [1.807, 2.05) is 35.8 Å². The van der Waals surface area contributed by atoms with Crippen LogP contribution in [0.1, 0.15) is 39.2 Å². The molecule has 1 aliphatic heterocycles. The predicted molar refractivity (Wildman–Crippen MR) is 117 cm³/mol. The quantitative estimate of drug-likeness (QED) is 0.653. The number of piperidine rings is 1. The average molecular weight is 425 g/mol. The van der Waals surface area contributed by atoms with Crippen molar-refractivity contribution in [1.29, 1.82) is 0 Å². The van der Waals surface area contributed by atoms with Gasteiger partial charge in [-0.15, -0.1) is 0 Å². The number of carbonyl (C=O) groups is 2. The van der Waals surface area contributed by atoms with E-state index in [9.17, 15) is 14.4 Å². The van der Waals surface area contributed by atoms with Crippen LogP contribution >= 0.6 is 0 Å². The molecule has 1 saturated heterocycles. The van der Waals surface area contributed by atoms with Crippen molar-refractivity contribution in [3.05, 3.63) is 40.8 Å². The van der Waals surface area contributed by atoms with Crippen molar-refractivity contribution in [2.45, 2.75) is 45.2 Å². The van der Waals surface area contributed by atoms with Gasteiger partial charge < -0.3 is 19.5 Å². The van der Waals surface area contributed by atoms with E-state index in [1.54, 1.807) is 18.0 Å². The summed E-state index contributed by atoms with van der Waals surface area (Å²) in [6.07, 6.45) is 3.18. The number of nitrogens with zero attached hydrogens (tertiary/aromatic N) is 3. The van der Waals surface area contributed by atoms with E-state index in [2.05, 4.69) is 15.5 Å². The molecule has 2 amide bonds. The van der Waals surface area contributed by atoms with Gasteiger partial charge in [-0.05, 0) is 32.3 Å². The molecule has 3 aromatic rings. The highest BCUT2D eigenvalue weighted by Gasteiger charge is 2.29. The van der Waals surface area contributed by atoms with Crippen molar-refractivity contribution in [1.82, 2.24) is 25.0 Å². The number of benzene rings is 1. The van der Waals surface area contributed by atoms with E-state index in [4.69, 9.17) is 4.74 Å². The van der Waals surface area contributed by atoms with Crippen molar-refractivity contribution in [2.75, 3.05) is 19.7 Å². The number of ether oxygens (including phenoxy) is 1. The first-order valence-corrected chi connectivity index (χ1v) is 10.7. The molecule has 0 radical (unpaired) electrons. The minimum absolute atomic E-state index is 0.0275. The lowest BCUT2D eigenvalue weighted by Gasteiger charge is -2.32. The first-order valence-electron chi connectivity index (χ1n) is 10.7. The third kappa shape index (κ3) is 3.87. The Bertz CT molecular complexity index is 1160. The van der Waals surface area contributed by atoms with Crippen LogP contribution in [0.4, 0.5) is 4.79 Å². The lowest BCUT2D eigenvalue weighted by atomic mass is 10.0. The fourth-order valence-corrected chi connectivity index (χ4v) is 4.39. The Kier molecular flexibility index (Phi) is 5.92. The number of fused-ring (bicyclic) bond motifs is 3. The Morgan fingerprint density at radius 3 is 2.68 bits per heavy atom. The molecule has 0 aliphatic carbocycles. The zero-order valence-electron chi connectivity index (χ0n) is 17.8. The van der Waals surface area contributed by atoms with E-state index >= 15 is 0 Å². The molecule has 1 fully saturated rings. The molecule has 0 bridgehead atoms. The van der Waals surface area contributed by atoms with Gasteiger partial charge >= 0.3 is 6.09 Å². The molecule has 0 saturated carbocycles. The van der Waals surface area contributed by atoms with Crippen molar-refractivity contribution in [2.24, 2.45) is 0 Å². The monoisotopic (exact) mass is 425 g/mol. The Morgan fingerprint density at radius 1 is 1.23 bits per heavy atom. The molecule has 31 heavy (non-hydrogen) atoms. The van der Waals surface area contributed by atoms with Gasteiger partial charge in [0.05, 0.1) is 18.3 Å². The summed E-state index contributed by atoms with van der Waals surface area (Å²) >= 11 is 0. The molecule has 2 N–H and O–H groups in total. The molecule has 9 nitrogen and oxygen atoms in total. The maximum absolute atomic E-state index is 13.3. The van der Waals surface area contributed by atoms with E-state index in [-0.39, 0.29) is 23.6 Å². The Balaban J connectivity index is 1.58. The molecule has 4 rings (SSSR count). The van der Waals surface area contributed by atoms with Gasteiger partial charge in [-0.25, -0.2) is 9.89 Å². The molecule has 0 spiro atoms. The summed E-state index contributed by atoms with van der Waals surface area (Å²) in [6, 6.07) is 7.10. The molecule has 9 heteroatoms. The largest absolute Gasteiger partial charge is 0.450 e. The smallest absolute Gasteiger partial charge is 0.409 e. The minimum Gasteiger partial charge on any atom is -0.450 e. The number of hydrogen-bond acceptors (Lipinski definition) is 5.